The summed E-state index contributed by atoms with van der Waals surface area (Å²) in [5, 5.41) is 0. The highest BCUT2D eigenvalue weighted by atomic mass is 31.2. The summed E-state index contributed by atoms with van der Waals surface area (Å²) in [6.45, 7) is 3.59. The maximum atomic E-state index is 12.2. The summed E-state index contributed by atoms with van der Waals surface area (Å²) in [5.74, 6) is -0.897. The summed E-state index contributed by atoms with van der Waals surface area (Å²) in [7, 11) is -4.73. The van der Waals surface area contributed by atoms with Crippen LogP contribution < -0.4 is 0 Å². The molecule has 0 saturated carbocycles. The van der Waals surface area contributed by atoms with E-state index in [9.17, 15) is 14.2 Å². The van der Waals surface area contributed by atoms with E-state index in [-0.39, 0.29) is 19.4 Å². The summed E-state index contributed by atoms with van der Waals surface area (Å²) < 4.78 is 26.1. The molecule has 1 atom stereocenters. The number of phosphoric acid groups is 1. The molecular weight excluding hydrogens is 519 g/mol. The molecule has 0 aromatic carbocycles. The van der Waals surface area contributed by atoms with Crippen LogP contribution in [-0.2, 0) is 28.2 Å². The largest absolute Gasteiger partial charge is 0.469 e. The molecule has 2 N–H and O–H groups in total. The van der Waals surface area contributed by atoms with E-state index in [4.69, 9.17) is 19.3 Å². The summed E-state index contributed by atoms with van der Waals surface area (Å²) in [5.41, 5.74) is 0. The van der Waals surface area contributed by atoms with Crippen LogP contribution in [0.3, 0.4) is 0 Å². The van der Waals surface area contributed by atoms with Gasteiger partial charge in [-0.2, -0.15) is 0 Å². The van der Waals surface area contributed by atoms with Gasteiger partial charge in [-0.25, -0.2) is 4.57 Å². The van der Waals surface area contributed by atoms with Crippen LogP contribution in [0.2, 0.25) is 0 Å². The zero-order chi connectivity index (χ0) is 29.0. The molecule has 0 rings (SSSR count). The van der Waals surface area contributed by atoms with Crippen LogP contribution in [0.1, 0.15) is 149 Å². The van der Waals surface area contributed by atoms with E-state index in [2.05, 4.69) is 30.5 Å². The average Bonchev–Trinajstić information content (AvgIpc) is 2.89. The summed E-state index contributed by atoms with van der Waals surface area (Å²) in [4.78, 5) is 42.3. The van der Waals surface area contributed by atoms with Gasteiger partial charge in [-0.1, -0.05) is 116 Å². The Morgan fingerprint density at radius 1 is 0.641 bits per heavy atom. The molecule has 0 aliphatic rings. The van der Waals surface area contributed by atoms with Crippen molar-refractivity contribution in [1.29, 1.82) is 0 Å². The third-order valence-electron chi connectivity index (χ3n) is 6.53. The summed E-state index contributed by atoms with van der Waals surface area (Å²) in [6.07, 6.45) is 25.1. The normalized spacial score (nSPS) is 12.6. The Balaban J connectivity index is 4.07. The zero-order valence-corrected chi connectivity index (χ0v) is 25.7. The van der Waals surface area contributed by atoms with E-state index in [1.165, 1.54) is 57.8 Å². The van der Waals surface area contributed by atoms with E-state index in [1.807, 2.05) is 0 Å². The van der Waals surface area contributed by atoms with Crippen molar-refractivity contribution in [2.24, 2.45) is 0 Å². The number of phosphoric ester groups is 1. The Morgan fingerprint density at radius 3 is 1.64 bits per heavy atom. The highest BCUT2D eigenvalue weighted by Gasteiger charge is 2.22. The first-order valence-corrected chi connectivity index (χ1v) is 17.0. The second-order valence-corrected chi connectivity index (χ2v) is 11.7. The van der Waals surface area contributed by atoms with Gasteiger partial charge in [0, 0.05) is 12.8 Å². The van der Waals surface area contributed by atoms with Gasteiger partial charge in [0.15, 0.2) is 6.10 Å². The van der Waals surface area contributed by atoms with Crippen LogP contribution >= 0.6 is 7.82 Å². The molecule has 0 saturated heterocycles. The first-order chi connectivity index (χ1) is 18.8. The van der Waals surface area contributed by atoms with Crippen molar-refractivity contribution < 1.29 is 37.9 Å². The number of ether oxygens (including phenoxy) is 2. The number of esters is 2. The standard InChI is InChI=1S/C30H57O8P/c1-3-5-7-9-11-13-15-17-19-21-23-25-30(32)38-28(27-37-39(33,34)35)26-36-29(31)24-22-20-18-16-14-12-10-8-6-4-2/h9,11,28H,3-8,10,12-27H2,1-2H3,(H2,33,34,35)/b11-9+/t28-/m0/s1. The van der Waals surface area contributed by atoms with Gasteiger partial charge in [-0.15, -0.1) is 0 Å². The van der Waals surface area contributed by atoms with Crippen LogP contribution in [0.25, 0.3) is 0 Å². The Kier molecular flexibility index (Phi) is 26.1. The fourth-order valence-corrected chi connectivity index (χ4v) is 4.54. The summed E-state index contributed by atoms with van der Waals surface area (Å²) in [6, 6.07) is 0. The molecule has 0 amide bonds. The van der Waals surface area contributed by atoms with Crippen LogP contribution in [0.5, 0.6) is 0 Å². The minimum atomic E-state index is -4.73. The van der Waals surface area contributed by atoms with Crippen LogP contribution in [0, 0.1) is 0 Å². The second kappa shape index (κ2) is 27.0. The van der Waals surface area contributed by atoms with Crippen molar-refractivity contribution in [3.63, 3.8) is 0 Å². The highest BCUT2D eigenvalue weighted by Crippen LogP contribution is 2.35. The lowest BCUT2D eigenvalue weighted by molar-refractivity contribution is -0.161. The Labute approximate surface area is 237 Å². The minimum absolute atomic E-state index is 0.204. The van der Waals surface area contributed by atoms with Crippen molar-refractivity contribution in [3.05, 3.63) is 12.2 Å². The molecule has 0 radical (unpaired) electrons. The predicted molar refractivity (Wildman–Crippen MR) is 156 cm³/mol. The van der Waals surface area contributed by atoms with E-state index >= 15 is 0 Å². The van der Waals surface area contributed by atoms with E-state index in [0.29, 0.717) is 6.42 Å². The number of carbonyl (C=O) groups is 2. The van der Waals surface area contributed by atoms with Gasteiger partial charge in [0.05, 0.1) is 6.61 Å². The smallest absolute Gasteiger partial charge is 0.462 e. The van der Waals surface area contributed by atoms with Gasteiger partial charge < -0.3 is 19.3 Å². The van der Waals surface area contributed by atoms with E-state index in [1.54, 1.807) is 0 Å². The van der Waals surface area contributed by atoms with E-state index < -0.39 is 32.5 Å². The molecule has 0 aromatic rings. The SMILES string of the molecule is CCCC/C=C/CCCCCCCC(=O)O[C@@H](COC(=O)CCCCCCCCCCCC)COP(=O)(O)O. The predicted octanol–water partition coefficient (Wildman–Crippen LogP) is 8.34. The number of rotatable bonds is 28. The molecular formula is C30H57O8P. The molecule has 0 spiro atoms. The highest BCUT2D eigenvalue weighted by molar-refractivity contribution is 7.46. The van der Waals surface area contributed by atoms with Gasteiger partial charge in [0.1, 0.15) is 6.61 Å². The molecule has 8 nitrogen and oxygen atoms in total. The van der Waals surface area contributed by atoms with Crippen molar-refractivity contribution in [3.8, 4) is 0 Å². The monoisotopic (exact) mass is 576 g/mol. The first-order valence-electron chi connectivity index (χ1n) is 15.5. The Morgan fingerprint density at radius 2 is 1.10 bits per heavy atom. The maximum absolute atomic E-state index is 12.2. The fraction of sp³-hybridized carbons (Fsp3) is 0.867. The number of allylic oxidation sites excluding steroid dienone is 2. The first kappa shape index (κ1) is 37.8. The third-order valence-corrected chi connectivity index (χ3v) is 7.02. The van der Waals surface area contributed by atoms with Crippen LogP contribution in [0.15, 0.2) is 12.2 Å². The lowest BCUT2D eigenvalue weighted by atomic mass is 10.1. The second-order valence-electron chi connectivity index (χ2n) is 10.4. The van der Waals surface area contributed by atoms with Crippen molar-refractivity contribution in [1.82, 2.24) is 0 Å². The molecule has 0 heterocycles. The maximum Gasteiger partial charge on any atom is 0.469 e. The van der Waals surface area contributed by atoms with Crippen molar-refractivity contribution in [2.75, 3.05) is 13.2 Å². The lowest BCUT2D eigenvalue weighted by Crippen LogP contribution is -2.29. The Bertz CT molecular complexity index is 661. The number of unbranched alkanes of at least 4 members (excludes halogenated alkanes) is 16. The topological polar surface area (TPSA) is 119 Å². The lowest BCUT2D eigenvalue weighted by Gasteiger charge is -2.18. The molecule has 230 valence electrons. The number of carbonyl (C=O) groups excluding carboxylic acids is 2. The molecule has 9 heteroatoms. The molecule has 0 unspecified atom stereocenters. The van der Waals surface area contributed by atoms with Gasteiger partial charge >= 0.3 is 19.8 Å². The van der Waals surface area contributed by atoms with Crippen molar-refractivity contribution >= 4 is 19.8 Å². The van der Waals surface area contributed by atoms with Gasteiger partial charge in [0.2, 0.25) is 0 Å². The summed E-state index contributed by atoms with van der Waals surface area (Å²) >= 11 is 0. The molecule has 0 aliphatic heterocycles. The van der Waals surface area contributed by atoms with Crippen LogP contribution in [-0.4, -0.2) is 41.0 Å². The third kappa shape index (κ3) is 29.6. The van der Waals surface area contributed by atoms with E-state index in [0.717, 1.165) is 57.8 Å². The molecule has 0 fully saturated rings. The molecule has 39 heavy (non-hydrogen) atoms. The number of hydrogen-bond donors (Lipinski definition) is 2. The quantitative estimate of drug-likeness (QED) is 0.0413. The molecule has 0 aromatic heterocycles. The van der Waals surface area contributed by atoms with Crippen molar-refractivity contribution in [2.45, 2.75) is 155 Å². The molecule has 0 bridgehead atoms. The van der Waals surface area contributed by atoms with Gasteiger partial charge in [-0.3, -0.25) is 14.1 Å². The Hall–Kier alpha value is -1.21. The van der Waals surface area contributed by atoms with Gasteiger partial charge in [-0.05, 0) is 32.1 Å². The van der Waals surface area contributed by atoms with Gasteiger partial charge in [0.25, 0.3) is 0 Å². The minimum Gasteiger partial charge on any atom is -0.462 e. The average molecular weight is 577 g/mol. The van der Waals surface area contributed by atoms with Crippen LogP contribution in [0.4, 0.5) is 0 Å². The number of hydrogen-bond acceptors (Lipinski definition) is 6. The molecule has 0 aliphatic carbocycles. The zero-order valence-electron chi connectivity index (χ0n) is 24.8. The fourth-order valence-electron chi connectivity index (χ4n) is 4.18.